The lowest BCUT2D eigenvalue weighted by Crippen LogP contribution is -2.22. The van der Waals surface area contributed by atoms with Crippen LogP contribution in [-0.4, -0.2) is 29.7 Å². The van der Waals surface area contributed by atoms with Gasteiger partial charge in [0.1, 0.15) is 11.3 Å². The smallest absolute Gasteiger partial charge is 0.423 e. The van der Waals surface area contributed by atoms with Crippen LogP contribution in [0.4, 0.5) is 24.8 Å². The van der Waals surface area contributed by atoms with E-state index < -0.39 is 17.6 Å². The van der Waals surface area contributed by atoms with Crippen LogP contribution in [0.2, 0.25) is 0 Å². The summed E-state index contributed by atoms with van der Waals surface area (Å²) in [7, 11) is 0. The van der Waals surface area contributed by atoms with Crippen LogP contribution in [-0.2, 0) is 6.18 Å². The number of alkyl halides is 3. The molecule has 0 atom stereocenters. The minimum Gasteiger partial charge on any atom is -0.491 e. The Bertz CT molecular complexity index is 767. The van der Waals surface area contributed by atoms with Gasteiger partial charge in [0.25, 0.3) is 0 Å². The second-order valence-corrected chi connectivity index (χ2v) is 6.65. The van der Waals surface area contributed by atoms with Crippen LogP contribution in [0.25, 0.3) is 0 Å². The van der Waals surface area contributed by atoms with Gasteiger partial charge in [-0.05, 0) is 31.4 Å². The van der Waals surface area contributed by atoms with Crippen molar-refractivity contribution >= 4 is 11.6 Å². The number of ether oxygens (including phenoxy) is 2. The molecule has 0 radical (unpaired) electrons. The molecule has 0 spiro atoms. The molecule has 0 saturated heterocycles. The summed E-state index contributed by atoms with van der Waals surface area (Å²) in [6.07, 6.45) is -2.98. The molecule has 0 N–H and O–H groups in total. The van der Waals surface area contributed by atoms with E-state index in [9.17, 15) is 13.2 Å². The van der Waals surface area contributed by atoms with Crippen molar-refractivity contribution in [3.05, 3.63) is 36.0 Å². The number of rotatable bonds is 9. The van der Waals surface area contributed by atoms with E-state index in [1.54, 1.807) is 4.90 Å². The Morgan fingerprint density at radius 3 is 2.43 bits per heavy atom. The van der Waals surface area contributed by atoms with Gasteiger partial charge in [0.05, 0.1) is 18.9 Å². The summed E-state index contributed by atoms with van der Waals surface area (Å²) in [5.41, 5.74) is -0.295. The number of benzene rings is 1. The topological polar surface area (TPSA) is 47.5 Å². The zero-order valence-electron chi connectivity index (χ0n) is 16.6. The van der Waals surface area contributed by atoms with Crippen LogP contribution < -0.4 is 14.4 Å². The van der Waals surface area contributed by atoms with Crippen molar-refractivity contribution in [2.75, 3.05) is 24.7 Å². The third kappa shape index (κ3) is 5.50. The first kappa shape index (κ1) is 21.8. The zero-order chi connectivity index (χ0) is 20.7. The minimum atomic E-state index is -4.59. The molecule has 28 heavy (non-hydrogen) atoms. The summed E-state index contributed by atoms with van der Waals surface area (Å²) >= 11 is 0. The van der Waals surface area contributed by atoms with Gasteiger partial charge in [0.2, 0.25) is 11.8 Å². The van der Waals surface area contributed by atoms with Crippen molar-refractivity contribution in [1.29, 1.82) is 0 Å². The van der Waals surface area contributed by atoms with Crippen LogP contribution in [0, 0.1) is 5.92 Å². The van der Waals surface area contributed by atoms with Crippen molar-refractivity contribution < 1.29 is 22.6 Å². The van der Waals surface area contributed by atoms with Gasteiger partial charge < -0.3 is 14.4 Å². The van der Waals surface area contributed by atoms with E-state index in [-0.39, 0.29) is 18.5 Å². The molecular formula is C20H26F3N3O2. The molecule has 154 valence electrons. The van der Waals surface area contributed by atoms with E-state index in [0.717, 1.165) is 12.6 Å². The predicted octanol–water partition coefficient (Wildman–Crippen LogP) is 5.48. The third-order valence-electron chi connectivity index (χ3n) is 3.78. The number of hydrogen-bond acceptors (Lipinski definition) is 5. The van der Waals surface area contributed by atoms with Crippen molar-refractivity contribution in [2.24, 2.45) is 5.92 Å². The highest BCUT2D eigenvalue weighted by atomic mass is 19.4. The number of nitrogens with zero attached hydrogens (tertiary/aromatic N) is 3. The number of hydrogen-bond donors (Lipinski definition) is 0. The lowest BCUT2D eigenvalue weighted by atomic mass is 10.2. The minimum absolute atomic E-state index is 0.0601. The highest BCUT2D eigenvalue weighted by molar-refractivity contribution is 5.65. The van der Waals surface area contributed by atoms with E-state index in [1.807, 2.05) is 52.0 Å². The second kappa shape index (κ2) is 9.61. The Morgan fingerprint density at radius 2 is 1.82 bits per heavy atom. The molecule has 1 aromatic carbocycles. The predicted molar refractivity (Wildman–Crippen MR) is 102 cm³/mol. The van der Waals surface area contributed by atoms with E-state index in [2.05, 4.69) is 9.97 Å². The van der Waals surface area contributed by atoms with E-state index in [0.29, 0.717) is 24.6 Å². The molecule has 0 fully saturated rings. The Balaban J connectivity index is 2.45. The molecule has 0 aliphatic heterocycles. The van der Waals surface area contributed by atoms with E-state index in [1.165, 1.54) is 0 Å². The fraction of sp³-hybridized carbons (Fsp3) is 0.500. The fourth-order valence-corrected chi connectivity index (χ4v) is 2.47. The van der Waals surface area contributed by atoms with Gasteiger partial charge in [-0.15, -0.1) is 0 Å². The molecule has 0 unspecified atom stereocenters. The normalized spacial score (nSPS) is 11.6. The number of aromatic nitrogens is 2. The van der Waals surface area contributed by atoms with E-state index in [4.69, 9.17) is 9.47 Å². The third-order valence-corrected chi connectivity index (χ3v) is 3.78. The molecule has 0 aliphatic carbocycles. The molecule has 2 aromatic rings. The summed E-state index contributed by atoms with van der Waals surface area (Å²) in [5.74, 6) is 0.350. The first-order chi connectivity index (χ1) is 13.3. The Labute approximate surface area is 163 Å². The van der Waals surface area contributed by atoms with Crippen molar-refractivity contribution in [3.8, 4) is 11.6 Å². The summed E-state index contributed by atoms with van der Waals surface area (Å²) in [6, 6.07) is 7.31. The van der Waals surface area contributed by atoms with Crippen LogP contribution in [0.3, 0.4) is 0 Å². The van der Waals surface area contributed by atoms with Gasteiger partial charge >= 0.3 is 6.18 Å². The number of halogens is 3. The molecule has 8 heteroatoms. The van der Waals surface area contributed by atoms with Crippen molar-refractivity contribution in [1.82, 2.24) is 9.97 Å². The van der Waals surface area contributed by atoms with E-state index >= 15 is 0 Å². The molecule has 1 aromatic heterocycles. The standard InChI is InChI=1S/C20H26F3N3O2/c1-5-11-27-17-10-8-7-9-16(17)26(6-2)19-24-12-15(20(21,22)23)18(25-19)28-13-14(3)4/h7-10,12,14H,5-6,11,13H2,1-4H3. The highest BCUT2D eigenvalue weighted by Gasteiger charge is 2.36. The van der Waals surface area contributed by atoms with Gasteiger partial charge in [-0.2, -0.15) is 18.2 Å². The maximum Gasteiger partial charge on any atom is 0.423 e. The molecule has 0 saturated carbocycles. The SMILES string of the molecule is CCCOc1ccccc1N(CC)c1ncc(C(F)(F)F)c(OCC(C)C)n1. The maximum absolute atomic E-state index is 13.3. The molecule has 1 heterocycles. The quantitative estimate of drug-likeness (QED) is 0.561. The molecule has 5 nitrogen and oxygen atoms in total. The Hall–Kier alpha value is -2.51. The van der Waals surface area contributed by atoms with Gasteiger partial charge in [-0.25, -0.2) is 4.98 Å². The van der Waals surface area contributed by atoms with Crippen LogP contribution in [0.1, 0.15) is 39.7 Å². The van der Waals surface area contributed by atoms with Crippen molar-refractivity contribution in [2.45, 2.75) is 40.3 Å². The first-order valence-corrected chi connectivity index (χ1v) is 9.34. The summed E-state index contributed by atoms with van der Waals surface area (Å²) in [5, 5.41) is 0. The lowest BCUT2D eigenvalue weighted by molar-refractivity contribution is -0.139. The number of anilines is 2. The monoisotopic (exact) mass is 397 g/mol. The summed E-state index contributed by atoms with van der Waals surface area (Å²) in [6.45, 7) is 8.68. The highest BCUT2D eigenvalue weighted by Crippen LogP contribution is 2.37. The first-order valence-electron chi connectivity index (χ1n) is 9.34. The molecule has 2 rings (SSSR count). The van der Waals surface area contributed by atoms with Crippen LogP contribution in [0.5, 0.6) is 11.6 Å². The maximum atomic E-state index is 13.3. The average Bonchev–Trinajstić information content (AvgIpc) is 2.65. The molecular weight excluding hydrogens is 371 g/mol. The van der Waals surface area contributed by atoms with Crippen LogP contribution in [0.15, 0.2) is 30.5 Å². The largest absolute Gasteiger partial charge is 0.491 e. The van der Waals surface area contributed by atoms with Gasteiger partial charge in [-0.3, -0.25) is 0 Å². The summed E-state index contributed by atoms with van der Waals surface area (Å²) < 4.78 is 51.1. The second-order valence-electron chi connectivity index (χ2n) is 6.65. The van der Waals surface area contributed by atoms with Gasteiger partial charge in [-0.1, -0.05) is 32.9 Å². The fourth-order valence-electron chi connectivity index (χ4n) is 2.47. The zero-order valence-corrected chi connectivity index (χ0v) is 16.6. The average molecular weight is 397 g/mol. The van der Waals surface area contributed by atoms with Gasteiger partial charge in [0.15, 0.2) is 0 Å². The van der Waals surface area contributed by atoms with Crippen molar-refractivity contribution in [3.63, 3.8) is 0 Å². The molecule has 0 amide bonds. The molecule has 0 bridgehead atoms. The lowest BCUT2D eigenvalue weighted by Gasteiger charge is -2.24. The Kier molecular flexibility index (Phi) is 7.48. The Morgan fingerprint density at radius 1 is 1.11 bits per heavy atom. The van der Waals surface area contributed by atoms with Crippen LogP contribution >= 0.6 is 0 Å². The van der Waals surface area contributed by atoms with Gasteiger partial charge in [0, 0.05) is 12.7 Å². The number of para-hydroxylation sites is 2. The summed E-state index contributed by atoms with van der Waals surface area (Å²) in [4.78, 5) is 9.76. The molecule has 0 aliphatic rings.